The predicted molar refractivity (Wildman–Crippen MR) is 112 cm³/mol. The van der Waals surface area contributed by atoms with E-state index in [1.165, 1.54) is 23.3 Å². The normalized spacial score (nSPS) is 11.5. The van der Waals surface area contributed by atoms with Crippen molar-refractivity contribution < 1.29 is 4.39 Å². The molecule has 0 saturated heterocycles. The zero-order valence-electron chi connectivity index (χ0n) is 15.6. The average Bonchev–Trinajstić information content (AvgIpc) is 3.05. The van der Waals surface area contributed by atoms with E-state index in [1.807, 2.05) is 24.3 Å². The van der Waals surface area contributed by atoms with Crippen molar-refractivity contribution in [2.45, 2.75) is 13.5 Å². The highest BCUT2D eigenvalue weighted by Gasteiger charge is 2.09. The zero-order valence-corrected chi connectivity index (χ0v) is 15.6. The van der Waals surface area contributed by atoms with Crippen molar-refractivity contribution in [1.82, 2.24) is 4.57 Å². The van der Waals surface area contributed by atoms with Crippen LogP contribution in [0.25, 0.3) is 22.6 Å². The summed E-state index contributed by atoms with van der Waals surface area (Å²) in [7, 11) is 0. The third kappa shape index (κ3) is 3.58. The van der Waals surface area contributed by atoms with Gasteiger partial charge in [-0.3, -0.25) is 0 Å². The van der Waals surface area contributed by atoms with E-state index in [2.05, 4.69) is 54.1 Å². The minimum Gasteiger partial charge on any atom is -0.342 e. The van der Waals surface area contributed by atoms with Crippen molar-refractivity contribution in [3.8, 4) is 6.07 Å². The Morgan fingerprint density at radius 1 is 1.04 bits per heavy atom. The largest absolute Gasteiger partial charge is 0.342 e. The van der Waals surface area contributed by atoms with E-state index < -0.39 is 0 Å². The Morgan fingerprint density at radius 2 is 1.82 bits per heavy atom. The van der Waals surface area contributed by atoms with Gasteiger partial charge in [0, 0.05) is 29.2 Å². The van der Waals surface area contributed by atoms with Crippen molar-refractivity contribution in [3.05, 3.63) is 107 Å². The number of nitriles is 1. The summed E-state index contributed by atoms with van der Waals surface area (Å²) in [6.07, 6.45) is 3.89. The molecule has 136 valence electrons. The molecule has 4 rings (SSSR count). The van der Waals surface area contributed by atoms with E-state index in [1.54, 1.807) is 12.1 Å². The van der Waals surface area contributed by atoms with Gasteiger partial charge in [0.1, 0.15) is 5.82 Å². The summed E-state index contributed by atoms with van der Waals surface area (Å²) in [5.74, 6) is -0.347. The summed E-state index contributed by atoms with van der Waals surface area (Å²) in [6.45, 7) is 2.82. The average molecular weight is 366 g/mol. The van der Waals surface area contributed by atoms with E-state index in [4.69, 9.17) is 0 Å². The van der Waals surface area contributed by atoms with Crippen LogP contribution in [0, 0.1) is 24.1 Å². The molecule has 0 saturated carbocycles. The van der Waals surface area contributed by atoms with Gasteiger partial charge in [0.05, 0.1) is 11.6 Å². The van der Waals surface area contributed by atoms with Crippen LogP contribution in [-0.4, -0.2) is 4.57 Å². The fourth-order valence-corrected chi connectivity index (χ4v) is 3.40. The summed E-state index contributed by atoms with van der Waals surface area (Å²) < 4.78 is 15.8. The SMILES string of the molecule is Cc1ccc(Cn2cc(/C=C(/C#N)c3cccc(F)c3)c3ccccc32)cc1. The number of nitrogens with zero attached hydrogens (tertiary/aromatic N) is 2. The third-order valence-corrected chi connectivity index (χ3v) is 4.85. The zero-order chi connectivity index (χ0) is 19.5. The van der Waals surface area contributed by atoms with Crippen molar-refractivity contribution in [1.29, 1.82) is 5.26 Å². The summed E-state index contributed by atoms with van der Waals surface area (Å²) in [5.41, 5.74) is 5.52. The standard InChI is InChI=1S/C25H19FN2/c1-18-9-11-19(12-10-18)16-28-17-22(24-7-2-3-8-25(24)28)13-21(15-27)20-5-4-6-23(26)14-20/h2-14,17H,16H2,1H3/b21-13-. The number of allylic oxidation sites excluding steroid dienone is 1. The number of halogens is 1. The lowest BCUT2D eigenvalue weighted by atomic mass is 10.0. The van der Waals surface area contributed by atoms with Crippen LogP contribution >= 0.6 is 0 Å². The van der Waals surface area contributed by atoms with Gasteiger partial charge in [-0.1, -0.05) is 60.2 Å². The maximum Gasteiger partial charge on any atom is 0.123 e. The Bertz CT molecular complexity index is 1210. The first-order valence-corrected chi connectivity index (χ1v) is 9.15. The van der Waals surface area contributed by atoms with Crippen LogP contribution in [0.1, 0.15) is 22.3 Å². The van der Waals surface area contributed by atoms with Crippen molar-refractivity contribution in [2.24, 2.45) is 0 Å². The van der Waals surface area contributed by atoms with Gasteiger partial charge in [0.2, 0.25) is 0 Å². The Balaban J connectivity index is 1.79. The number of benzene rings is 3. The second-order valence-corrected chi connectivity index (χ2v) is 6.90. The molecule has 0 fully saturated rings. The van der Waals surface area contributed by atoms with Crippen LogP contribution < -0.4 is 0 Å². The molecular weight excluding hydrogens is 347 g/mol. The molecule has 1 heterocycles. The number of para-hydroxylation sites is 1. The number of aromatic nitrogens is 1. The lowest BCUT2D eigenvalue weighted by Crippen LogP contribution is -1.97. The first kappa shape index (κ1) is 17.8. The minimum atomic E-state index is -0.347. The van der Waals surface area contributed by atoms with Crippen molar-refractivity contribution >= 4 is 22.6 Å². The van der Waals surface area contributed by atoms with Crippen LogP contribution in [0.2, 0.25) is 0 Å². The number of hydrogen-bond acceptors (Lipinski definition) is 1. The predicted octanol–water partition coefficient (Wildman–Crippen LogP) is 6.20. The van der Waals surface area contributed by atoms with E-state index in [-0.39, 0.29) is 5.82 Å². The van der Waals surface area contributed by atoms with Gasteiger partial charge >= 0.3 is 0 Å². The summed E-state index contributed by atoms with van der Waals surface area (Å²) >= 11 is 0. The number of rotatable bonds is 4. The number of aryl methyl sites for hydroxylation is 1. The molecule has 3 aromatic carbocycles. The van der Waals surface area contributed by atoms with Crippen LogP contribution in [0.3, 0.4) is 0 Å². The highest BCUT2D eigenvalue weighted by molar-refractivity contribution is 5.98. The molecule has 0 aliphatic rings. The molecule has 0 amide bonds. The summed E-state index contributed by atoms with van der Waals surface area (Å²) in [4.78, 5) is 0. The van der Waals surface area contributed by atoms with Gasteiger partial charge in [0.15, 0.2) is 0 Å². The molecule has 0 radical (unpaired) electrons. The Hall–Kier alpha value is -3.64. The van der Waals surface area contributed by atoms with Crippen LogP contribution in [0.15, 0.2) is 79.0 Å². The molecule has 4 aromatic rings. The van der Waals surface area contributed by atoms with Crippen molar-refractivity contribution in [2.75, 3.05) is 0 Å². The second-order valence-electron chi connectivity index (χ2n) is 6.90. The Labute approximate surface area is 163 Å². The molecule has 0 unspecified atom stereocenters. The third-order valence-electron chi connectivity index (χ3n) is 4.85. The van der Waals surface area contributed by atoms with E-state index in [0.717, 1.165) is 23.0 Å². The first-order chi connectivity index (χ1) is 13.6. The van der Waals surface area contributed by atoms with Crippen LogP contribution in [-0.2, 0) is 6.54 Å². The van der Waals surface area contributed by atoms with Crippen LogP contribution in [0.5, 0.6) is 0 Å². The van der Waals surface area contributed by atoms with Gasteiger partial charge in [-0.25, -0.2) is 4.39 Å². The molecule has 0 atom stereocenters. The second kappa shape index (κ2) is 7.54. The van der Waals surface area contributed by atoms with Crippen molar-refractivity contribution in [3.63, 3.8) is 0 Å². The van der Waals surface area contributed by atoms with E-state index in [9.17, 15) is 9.65 Å². The quantitative estimate of drug-likeness (QED) is 0.395. The fourth-order valence-electron chi connectivity index (χ4n) is 3.40. The number of fused-ring (bicyclic) bond motifs is 1. The molecule has 0 aliphatic heterocycles. The molecule has 1 aromatic heterocycles. The highest BCUT2D eigenvalue weighted by Crippen LogP contribution is 2.27. The van der Waals surface area contributed by atoms with Crippen LogP contribution in [0.4, 0.5) is 4.39 Å². The lowest BCUT2D eigenvalue weighted by molar-refractivity contribution is 0.627. The maximum absolute atomic E-state index is 13.6. The Kier molecular flexibility index (Phi) is 4.78. The molecule has 2 nitrogen and oxygen atoms in total. The first-order valence-electron chi connectivity index (χ1n) is 9.15. The highest BCUT2D eigenvalue weighted by atomic mass is 19.1. The lowest BCUT2D eigenvalue weighted by Gasteiger charge is -2.06. The monoisotopic (exact) mass is 366 g/mol. The van der Waals surface area contributed by atoms with E-state index >= 15 is 0 Å². The molecule has 0 N–H and O–H groups in total. The minimum absolute atomic E-state index is 0.347. The molecule has 3 heteroatoms. The van der Waals surface area contributed by atoms with Gasteiger partial charge in [0.25, 0.3) is 0 Å². The van der Waals surface area contributed by atoms with Gasteiger partial charge in [-0.2, -0.15) is 5.26 Å². The Morgan fingerprint density at radius 3 is 2.57 bits per heavy atom. The molecule has 28 heavy (non-hydrogen) atoms. The van der Waals surface area contributed by atoms with Gasteiger partial charge in [-0.15, -0.1) is 0 Å². The maximum atomic E-state index is 13.6. The molecule has 0 aliphatic carbocycles. The number of hydrogen-bond donors (Lipinski definition) is 0. The summed E-state index contributed by atoms with van der Waals surface area (Å²) in [6, 6.07) is 25.0. The fraction of sp³-hybridized carbons (Fsp3) is 0.0800. The van der Waals surface area contributed by atoms with Gasteiger partial charge < -0.3 is 4.57 Å². The topological polar surface area (TPSA) is 28.7 Å². The smallest absolute Gasteiger partial charge is 0.123 e. The van der Waals surface area contributed by atoms with E-state index in [0.29, 0.717) is 11.1 Å². The molecule has 0 spiro atoms. The molecular formula is C25H19FN2. The summed E-state index contributed by atoms with van der Waals surface area (Å²) in [5, 5.41) is 10.7. The molecule has 0 bridgehead atoms. The van der Waals surface area contributed by atoms with Gasteiger partial charge in [-0.05, 0) is 42.3 Å².